The van der Waals surface area contributed by atoms with E-state index < -0.39 is 5.91 Å². The zero-order valence-corrected chi connectivity index (χ0v) is 7.21. The van der Waals surface area contributed by atoms with Crippen LogP contribution in [0.4, 0.5) is 5.69 Å². The lowest BCUT2D eigenvalue weighted by Gasteiger charge is -2.00. The van der Waals surface area contributed by atoms with Gasteiger partial charge in [0.25, 0.3) is 5.91 Å². The van der Waals surface area contributed by atoms with Crippen molar-refractivity contribution in [2.75, 3.05) is 0 Å². The number of nitrogens with zero attached hydrogens (tertiary/aromatic N) is 1. The van der Waals surface area contributed by atoms with E-state index in [-0.39, 0.29) is 16.3 Å². The number of para-hydroxylation sites is 1. The van der Waals surface area contributed by atoms with Crippen LogP contribution in [0.15, 0.2) is 23.2 Å². The van der Waals surface area contributed by atoms with Crippen molar-refractivity contribution in [1.29, 1.82) is 0 Å². The summed E-state index contributed by atoms with van der Waals surface area (Å²) in [6.07, 6.45) is 1.30. The van der Waals surface area contributed by atoms with Gasteiger partial charge in [0.2, 0.25) is 6.08 Å². The van der Waals surface area contributed by atoms with Gasteiger partial charge in [0.1, 0.15) is 5.69 Å². The molecule has 0 aromatic heterocycles. The number of nitrogens with two attached hydrogens (primary N) is 1. The number of benzene rings is 1. The van der Waals surface area contributed by atoms with Crippen LogP contribution in [0.5, 0.6) is 0 Å². The fourth-order valence-electron chi connectivity index (χ4n) is 0.873. The highest BCUT2D eigenvalue weighted by Gasteiger charge is 2.09. The molecule has 0 fully saturated rings. The molecule has 0 aliphatic carbocycles. The third-order valence-electron chi connectivity index (χ3n) is 1.41. The van der Waals surface area contributed by atoms with Gasteiger partial charge in [0.15, 0.2) is 0 Å². The van der Waals surface area contributed by atoms with Crippen LogP contribution in [0.2, 0.25) is 5.02 Å². The van der Waals surface area contributed by atoms with E-state index in [1.54, 1.807) is 6.07 Å². The van der Waals surface area contributed by atoms with Gasteiger partial charge in [0.05, 0.1) is 10.6 Å². The van der Waals surface area contributed by atoms with Crippen LogP contribution in [0, 0.1) is 0 Å². The number of rotatable bonds is 2. The smallest absolute Gasteiger partial charge is 0.250 e. The number of hydrogen-bond donors (Lipinski definition) is 1. The van der Waals surface area contributed by atoms with Crippen molar-refractivity contribution in [1.82, 2.24) is 0 Å². The number of amides is 1. The molecule has 1 aromatic carbocycles. The first-order valence-electron chi connectivity index (χ1n) is 3.33. The zero-order chi connectivity index (χ0) is 9.84. The van der Waals surface area contributed by atoms with Gasteiger partial charge >= 0.3 is 0 Å². The van der Waals surface area contributed by atoms with Gasteiger partial charge in [-0.05, 0) is 12.1 Å². The molecule has 0 aliphatic rings. The van der Waals surface area contributed by atoms with Crippen molar-refractivity contribution in [2.45, 2.75) is 0 Å². The molecule has 4 nitrogen and oxygen atoms in total. The highest BCUT2D eigenvalue weighted by atomic mass is 35.5. The van der Waals surface area contributed by atoms with E-state index in [0.717, 1.165) is 0 Å². The van der Waals surface area contributed by atoms with Gasteiger partial charge in [-0.3, -0.25) is 4.79 Å². The molecular weight excluding hydrogens is 192 g/mol. The summed E-state index contributed by atoms with van der Waals surface area (Å²) < 4.78 is 0. The van der Waals surface area contributed by atoms with Crippen molar-refractivity contribution >= 4 is 29.3 Å². The number of aliphatic imine (C=N–C) groups is 1. The highest BCUT2D eigenvalue weighted by molar-refractivity contribution is 6.33. The maximum atomic E-state index is 10.8. The maximum absolute atomic E-state index is 10.8. The fourth-order valence-corrected chi connectivity index (χ4v) is 1.09. The standard InChI is InChI=1S/C8H5ClN2O2/c9-6-3-1-2-5(8(10)13)7(6)11-4-12/h1-3H,(H2,10,13). The van der Waals surface area contributed by atoms with Gasteiger partial charge in [-0.15, -0.1) is 0 Å². The summed E-state index contributed by atoms with van der Waals surface area (Å²) in [6, 6.07) is 4.49. The summed E-state index contributed by atoms with van der Waals surface area (Å²) >= 11 is 5.67. The van der Waals surface area contributed by atoms with Crippen LogP contribution in [0.25, 0.3) is 0 Å². The van der Waals surface area contributed by atoms with Crippen LogP contribution < -0.4 is 5.73 Å². The Morgan fingerprint density at radius 1 is 1.54 bits per heavy atom. The minimum absolute atomic E-state index is 0.0617. The number of primary amides is 1. The molecule has 0 heterocycles. The van der Waals surface area contributed by atoms with Gasteiger partial charge in [-0.1, -0.05) is 17.7 Å². The molecule has 0 spiro atoms. The molecule has 0 unspecified atom stereocenters. The second kappa shape index (κ2) is 3.85. The van der Waals surface area contributed by atoms with Crippen molar-refractivity contribution in [3.63, 3.8) is 0 Å². The molecule has 0 radical (unpaired) electrons. The molecule has 0 aliphatic heterocycles. The zero-order valence-electron chi connectivity index (χ0n) is 6.45. The SMILES string of the molecule is NC(=O)c1cccc(Cl)c1N=C=O. The van der Waals surface area contributed by atoms with E-state index >= 15 is 0 Å². The Labute approximate surface area is 79.0 Å². The van der Waals surface area contributed by atoms with Gasteiger partial charge in [0, 0.05) is 0 Å². The Balaban J connectivity index is 3.42. The maximum Gasteiger partial charge on any atom is 0.250 e. The molecule has 1 rings (SSSR count). The Bertz CT molecular complexity index is 397. The average molecular weight is 197 g/mol. The molecule has 5 heteroatoms. The predicted octanol–water partition coefficient (Wildman–Crippen LogP) is 1.41. The molecule has 1 amide bonds. The number of isocyanates is 1. The summed E-state index contributed by atoms with van der Waals surface area (Å²) in [5.74, 6) is -0.684. The highest BCUT2D eigenvalue weighted by Crippen LogP contribution is 2.27. The Hall–Kier alpha value is -1.64. The number of hydrogen-bond acceptors (Lipinski definition) is 3. The average Bonchev–Trinajstić information content (AvgIpc) is 2.08. The summed E-state index contributed by atoms with van der Waals surface area (Å²) in [5, 5.41) is 0.194. The van der Waals surface area contributed by atoms with Crippen LogP contribution in [0.3, 0.4) is 0 Å². The van der Waals surface area contributed by atoms with E-state index in [4.69, 9.17) is 17.3 Å². The van der Waals surface area contributed by atoms with Gasteiger partial charge < -0.3 is 5.73 Å². The third-order valence-corrected chi connectivity index (χ3v) is 1.71. The van der Waals surface area contributed by atoms with Crippen LogP contribution in [0.1, 0.15) is 10.4 Å². The second-order valence-corrected chi connectivity index (χ2v) is 2.61. The van der Waals surface area contributed by atoms with E-state index in [2.05, 4.69) is 4.99 Å². The minimum Gasteiger partial charge on any atom is -0.366 e. The molecule has 66 valence electrons. The largest absolute Gasteiger partial charge is 0.366 e. The quantitative estimate of drug-likeness (QED) is 0.574. The molecule has 0 atom stereocenters. The molecule has 2 N–H and O–H groups in total. The summed E-state index contributed by atoms with van der Waals surface area (Å²) in [6.45, 7) is 0. The van der Waals surface area contributed by atoms with E-state index in [0.29, 0.717) is 0 Å². The van der Waals surface area contributed by atoms with Gasteiger partial charge in [-0.2, -0.15) is 4.99 Å². The number of carbonyl (C=O) groups excluding carboxylic acids is 2. The van der Waals surface area contributed by atoms with E-state index in [1.807, 2.05) is 0 Å². The number of carbonyl (C=O) groups is 1. The molecule has 0 bridgehead atoms. The van der Waals surface area contributed by atoms with Crippen molar-refractivity contribution < 1.29 is 9.59 Å². The van der Waals surface area contributed by atoms with E-state index in [1.165, 1.54) is 18.2 Å². The third kappa shape index (κ3) is 1.93. The summed E-state index contributed by atoms with van der Waals surface area (Å²) in [5.41, 5.74) is 5.20. The predicted molar refractivity (Wildman–Crippen MR) is 47.8 cm³/mol. The normalized spacial score (nSPS) is 9.00. The summed E-state index contributed by atoms with van der Waals surface area (Å²) in [7, 11) is 0. The Kier molecular flexibility index (Phi) is 2.80. The topological polar surface area (TPSA) is 72.5 Å². The van der Waals surface area contributed by atoms with Crippen LogP contribution >= 0.6 is 11.6 Å². The molecule has 0 saturated heterocycles. The van der Waals surface area contributed by atoms with Gasteiger partial charge in [-0.25, -0.2) is 4.79 Å². The lowest BCUT2D eigenvalue weighted by Crippen LogP contribution is -2.10. The molecule has 0 saturated carbocycles. The fraction of sp³-hybridized carbons (Fsp3) is 0. The molecule has 13 heavy (non-hydrogen) atoms. The Morgan fingerprint density at radius 2 is 2.23 bits per heavy atom. The second-order valence-electron chi connectivity index (χ2n) is 2.20. The first-order valence-corrected chi connectivity index (χ1v) is 3.71. The van der Waals surface area contributed by atoms with Crippen molar-refractivity contribution in [3.8, 4) is 0 Å². The minimum atomic E-state index is -0.684. The summed E-state index contributed by atoms with van der Waals surface area (Å²) in [4.78, 5) is 24.1. The lowest BCUT2D eigenvalue weighted by molar-refractivity contribution is 0.100. The van der Waals surface area contributed by atoms with E-state index in [9.17, 15) is 9.59 Å². The number of halogens is 1. The van der Waals surface area contributed by atoms with Crippen LogP contribution in [-0.2, 0) is 4.79 Å². The molecular formula is C8H5ClN2O2. The lowest BCUT2D eigenvalue weighted by atomic mass is 10.2. The monoisotopic (exact) mass is 196 g/mol. The first-order chi connectivity index (χ1) is 6.16. The molecule has 1 aromatic rings. The Morgan fingerprint density at radius 3 is 2.77 bits per heavy atom. The van der Waals surface area contributed by atoms with Crippen molar-refractivity contribution in [2.24, 2.45) is 10.7 Å². The van der Waals surface area contributed by atoms with Crippen LogP contribution in [-0.4, -0.2) is 12.0 Å². The van der Waals surface area contributed by atoms with Crippen molar-refractivity contribution in [3.05, 3.63) is 28.8 Å². The first kappa shape index (κ1) is 9.45.